The number of hydrogen-bond acceptors (Lipinski definition) is 1. The average Bonchev–Trinajstić information content (AvgIpc) is 2.79. The second-order valence-corrected chi connectivity index (χ2v) is 6.34. The molecule has 2 aromatic carbocycles. The van der Waals surface area contributed by atoms with E-state index in [2.05, 4.69) is 93.3 Å². The maximum Gasteiger partial charge on any atom is 0.145 e. The zero-order valence-electron chi connectivity index (χ0n) is 12.5. The Bertz CT molecular complexity index is 887. The number of allylic oxidation sites excluding steroid dienone is 2. The normalized spacial score (nSPS) is 12.9. The number of nitrogens with zero attached hydrogens (tertiary/aromatic N) is 2. The molecule has 23 heavy (non-hydrogen) atoms. The van der Waals surface area contributed by atoms with Crippen molar-refractivity contribution >= 4 is 28.1 Å². The van der Waals surface area contributed by atoms with Gasteiger partial charge in [-0.25, -0.2) is 4.98 Å². The second-order valence-electron chi connectivity index (χ2n) is 5.42. The molecular formula is C20H15BrN2. The summed E-state index contributed by atoms with van der Waals surface area (Å²) in [7, 11) is 0. The van der Waals surface area contributed by atoms with E-state index in [0.29, 0.717) is 0 Å². The topological polar surface area (TPSA) is 17.8 Å². The standard InChI is InChI=1S/C20H15BrN2/c21-16-13-11-15(12-14-16)20-22-18-9-5-2-6-10-19(18)23(20)17-7-3-1-4-8-17/h1,3-14H,2H2. The molecule has 1 heterocycles. The molecule has 3 aromatic rings. The molecule has 0 atom stereocenters. The monoisotopic (exact) mass is 362 g/mol. The summed E-state index contributed by atoms with van der Waals surface area (Å²) in [6.45, 7) is 0. The number of halogens is 1. The van der Waals surface area contributed by atoms with E-state index in [0.717, 1.165) is 39.4 Å². The van der Waals surface area contributed by atoms with Crippen molar-refractivity contribution in [3.8, 4) is 17.1 Å². The number of rotatable bonds is 2. The van der Waals surface area contributed by atoms with Crippen LogP contribution in [0.3, 0.4) is 0 Å². The van der Waals surface area contributed by atoms with Gasteiger partial charge in [0.05, 0.1) is 11.4 Å². The third kappa shape index (κ3) is 2.68. The number of benzene rings is 2. The van der Waals surface area contributed by atoms with Crippen LogP contribution in [-0.4, -0.2) is 9.55 Å². The largest absolute Gasteiger partial charge is 0.292 e. The minimum absolute atomic E-state index is 0.943. The zero-order chi connectivity index (χ0) is 15.6. The first-order chi connectivity index (χ1) is 11.3. The summed E-state index contributed by atoms with van der Waals surface area (Å²) in [4.78, 5) is 4.90. The van der Waals surface area contributed by atoms with Crippen molar-refractivity contribution in [3.63, 3.8) is 0 Å². The molecule has 112 valence electrons. The van der Waals surface area contributed by atoms with Crippen LogP contribution in [0.5, 0.6) is 0 Å². The molecule has 1 aromatic heterocycles. The lowest BCUT2D eigenvalue weighted by atomic mass is 10.2. The Labute approximate surface area is 143 Å². The van der Waals surface area contributed by atoms with Gasteiger partial charge < -0.3 is 0 Å². The van der Waals surface area contributed by atoms with Crippen LogP contribution in [0, 0.1) is 0 Å². The van der Waals surface area contributed by atoms with Gasteiger partial charge in [0.15, 0.2) is 0 Å². The van der Waals surface area contributed by atoms with Crippen LogP contribution in [0.2, 0.25) is 0 Å². The summed E-state index contributed by atoms with van der Waals surface area (Å²) >= 11 is 3.50. The molecule has 2 nitrogen and oxygen atoms in total. The van der Waals surface area contributed by atoms with Crippen LogP contribution in [0.4, 0.5) is 0 Å². The van der Waals surface area contributed by atoms with Crippen molar-refractivity contribution in [2.75, 3.05) is 0 Å². The van der Waals surface area contributed by atoms with Crippen molar-refractivity contribution in [1.29, 1.82) is 0 Å². The highest BCUT2D eigenvalue weighted by atomic mass is 79.9. The van der Waals surface area contributed by atoms with Gasteiger partial charge in [0.25, 0.3) is 0 Å². The van der Waals surface area contributed by atoms with E-state index in [1.54, 1.807) is 0 Å². The van der Waals surface area contributed by atoms with Gasteiger partial charge in [0.1, 0.15) is 5.82 Å². The Morgan fingerprint density at radius 1 is 0.870 bits per heavy atom. The molecule has 0 unspecified atom stereocenters. The molecule has 0 N–H and O–H groups in total. The molecule has 3 heteroatoms. The molecule has 0 aliphatic heterocycles. The van der Waals surface area contributed by atoms with Crippen LogP contribution < -0.4 is 0 Å². The van der Waals surface area contributed by atoms with E-state index in [-0.39, 0.29) is 0 Å². The lowest BCUT2D eigenvalue weighted by Crippen LogP contribution is -1.99. The van der Waals surface area contributed by atoms with Crippen LogP contribution in [0.1, 0.15) is 17.8 Å². The first-order valence-electron chi connectivity index (χ1n) is 7.60. The number of imidazole rings is 1. The van der Waals surface area contributed by atoms with E-state index in [4.69, 9.17) is 4.98 Å². The molecule has 0 bridgehead atoms. The maximum atomic E-state index is 4.90. The average molecular weight is 363 g/mol. The first kappa shape index (κ1) is 14.2. The fourth-order valence-electron chi connectivity index (χ4n) is 2.80. The van der Waals surface area contributed by atoms with Gasteiger partial charge in [0, 0.05) is 15.7 Å². The van der Waals surface area contributed by atoms with Gasteiger partial charge >= 0.3 is 0 Å². The molecule has 4 rings (SSSR count). The SMILES string of the molecule is Brc1ccc(-c2nc3c(n2-c2ccccc2)C=CCC=C3)cc1. The number of para-hydroxylation sites is 1. The Morgan fingerprint density at radius 2 is 1.61 bits per heavy atom. The van der Waals surface area contributed by atoms with Gasteiger partial charge in [-0.3, -0.25) is 4.57 Å². The summed E-state index contributed by atoms with van der Waals surface area (Å²) in [6.07, 6.45) is 9.54. The fraction of sp³-hybridized carbons (Fsp3) is 0.0500. The van der Waals surface area contributed by atoms with E-state index in [1.807, 2.05) is 6.07 Å². The lowest BCUT2D eigenvalue weighted by Gasteiger charge is -2.10. The molecule has 0 spiro atoms. The molecular weight excluding hydrogens is 348 g/mol. The van der Waals surface area contributed by atoms with E-state index < -0.39 is 0 Å². The van der Waals surface area contributed by atoms with E-state index in [1.165, 1.54) is 0 Å². The quantitative estimate of drug-likeness (QED) is 0.568. The van der Waals surface area contributed by atoms with Crippen molar-refractivity contribution in [2.24, 2.45) is 0 Å². The van der Waals surface area contributed by atoms with Crippen LogP contribution in [0.25, 0.3) is 29.2 Å². The van der Waals surface area contributed by atoms with Crippen LogP contribution in [0.15, 0.2) is 71.2 Å². The van der Waals surface area contributed by atoms with Crippen LogP contribution in [-0.2, 0) is 0 Å². The summed E-state index contributed by atoms with van der Waals surface area (Å²) in [5, 5.41) is 0. The second kappa shape index (κ2) is 6.01. The third-order valence-electron chi connectivity index (χ3n) is 3.88. The predicted octanol–water partition coefficient (Wildman–Crippen LogP) is 5.73. The highest BCUT2D eigenvalue weighted by Crippen LogP contribution is 2.30. The first-order valence-corrected chi connectivity index (χ1v) is 8.39. The minimum atomic E-state index is 0.943. The summed E-state index contributed by atoms with van der Waals surface area (Å²) < 4.78 is 3.30. The van der Waals surface area contributed by atoms with Gasteiger partial charge in [-0.1, -0.05) is 58.4 Å². The highest BCUT2D eigenvalue weighted by Gasteiger charge is 2.17. The van der Waals surface area contributed by atoms with Crippen molar-refractivity contribution in [3.05, 3.63) is 82.6 Å². The Morgan fingerprint density at radius 3 is 2.39 bits per heavy atom. The van der Waals surface area contributed by atoms with E-state index >= 15 is 0 Å². The van der Waals surface area contributed by atoms with Gasteiger partial charge in [-0.2, -0.15) is 0 Å². The Kier molecular flexibility index (Phi) is 3.72. The maximum absolute atomic E-state index is 4.90. The summed E-state index contributed by atoms with van der Waals surface area (Å²) in [5.41, 5.74) is 4.37. The number of fused-ring (bicyclic) bond motifs is 1. The molecule has 0 fully saturated rings. The van der Waals surface area contributed by atoms with Gasteiger partial charge in [0.2, 0.25) is 0 Å². The van der Waals surface area contributed by atoms with Gasteiger partial charge in [-0.15, -0.1) is 0 Å². The van der Waals surface area contributed by atoms with Gasteiger partial charge in [-0.05, 0) is 42.8 Å². The van der Waals surface area contributed by atoms with Crippen molar-refractivity contribution in [1.82, 2.24) is 9.55 Å². The Hall–Kier alpha value is -2.39. The summed E-state index contributed by atoms with van der Waals surface area (Å²) in [6, 6.07) is 18.7. The molecule has 0 saturated heterocycles. The van der Waals surface area contributed by atoms with Crippen molar-refractivity contribution in [2.45, 2.75) is 6.42 Å². The third-order valence-corrected chi connectivity index (χ3v) is 4.41. The number of aromatic nitrogens is 2. The molecule has 0 amide bonds. The molecule has 1 aliphatic rings. The summed E-state index contributed by atoms with van der Waals surface area (Å²) in [5.74, 6) is 0.963. The number of hydrogen-bond donors (Lipinski definition) is 0. The van der Waals surface area contributed by atoms with Crippen LogP contribution >= 0.6 is 15.9 Å². The predicted molar refractivity (Wildman–Crippen MR) is 99.4 cm³/mol. The molecule has 0 saturated carbocycles. The van der Waals surface area contributed by atoms with Crippen molar-refractivity contribution < 1.29 is 0 Å². The Balaban J connectivity index is 1.99. The fourth-order valence-corrected chi connectivity index (χ4v) is 3.07. The highest BCUT2D eigenvalue weighted by molar-refractivity contribution is 9.10. The zero-order valence-corrected chi connectivity index (χ0v) is 14.1. The minimum Gasteiger partial charge on any atom is -0.292 e. The smallest absolute Gasteiger partial charge is 0.145 e. The molecule has 0 radical (unpaired) electrons. The van der Waals surface area contributed by atoms with E-state index in [9.17, 15) is 0 Å². The molecule has 1 aliphatic carbocycles. The lowest BCUT2D eigenvalue weighted by molar-refractivity contribution is 1.05.